The second kappa shape index (κ2) is 6.26. The van der Waals surface area contributed by atoms with E-state index in [9.17, 15) is 0 Å². The summed E-state index contributed by atoms with van der Waals surface area (Å²) in [6.45, 7) is 2.74. The van der Waals surface area contributed by atoms with E-state index in [1.165, 1.54) is 5.56 Å². The van der Waals surface area contributed by atoms with Crippen molar-refractivity contribution >= 4 is 0 Å². The molecule has 1 fully saturated rings. The third-order valence-corrected chi connectivity index (χ3v) is 3.96. The van der Waals surface area contributed by atoms with Crippen LogP contribution in [0.1, 0.15) is 18.4 Å². The molecule has 4 nitrogen and oxygen atoms in total. The third kappa shape index (κ3) is 2.85. The first-order valence-electron chi connectivity index (χ1n) is 6.68. The minimum absolute atomic E-state index is 0.0393. The molecule has 1 N–H and O–H groups in total. The van der Waals surface area contributed by atoms with E-state index in [0.717, 1.165) is 44.0 Å². The molecule has 2 rings (SSSR count). The summed E-state index contributed by atoms with van der Waals surface area (Å²) in [6, 6.07) is 6.06. The molecule has 0 atom stereocenters. The number of hydrogen-bond acceptors (Lipinski definition) is 4. The highest BCUT2D eigenvalue weighted by Gasteiger charge is 2.36. The maximum atomic E-state index is 5.56. The molecule has 0 bridgehead atoms. The first-order valence-corrected chi connectivity index (χ1v) is 6.68. The van der Waals surface area contributed by atoms with Crippen LogP contribution in [0.3, 0.4) is 0 Å². The van der Waals surface area contributed by atoms with Crippen LogP contribution >= 0.6 is 0 Å². The highest BCUT2D eigenvalue weighted by Crippen LogP contribution is 2.40. The summed E-state index contributed by atoms with van der Waals surface area (Å²) in [6.07, 6.45) is 2.12. The van der Waals surface area contributed by atoms with Gasteiger partial charge < -0.3 is 19.5 Å². The minimum atomic E-state index is 0.0393. The van der Waals surface area contributed by atoms with Crippen molar-refractivity contribution in [1.82, 2.24) is 5.32 Å². The van der Waals surface area contributed by atoms with E-state index in [0.29, 0.717) is 0 Å². The van der Waals surface area contributed by atoms with Crippen LogP contribution in [0.4, 0.5) is 0 Å². The Labute approximate surface area is 115 Å². The second-order valence-corrected chi connectivity index (χ2v) is 5.03. The Morgan fingerprint density at radius 2 is 1.84 bits per heavy atom. The summed E-state index contributed by atoms with van der Waals surface area (Å²) in [5.74, 6) is 1.71. The van der Waals surface area contributed by atoms with Crippen molar-refractivity contribution in [3.05, 3.63) is 23.8 Å². The molecule has 1 aromatic carbocycles. The molecule has 1 heterocycles. The van der Waals surface area contributed by atoms with Gasteiger partial charge in [0.15, 0.2) is 0 Å². The fourth-order valence-electron chi connectivity index (χ4n) is 2.91. The average Bonchev–Trinajstić information content (AvgIpc) is 2.47. The molecule has 1 aliphatic heterocycles. The molecule has 0 spiro atoms. The Morgan fingerprint density at radius 1 is 1.11 bits per heavy atom. The SMILES string of the molecule is COCC1(c2ccc(OC)cc2OC)CCNCC1. The lowest BCUT2D eigenvalue weighted by molar-refractivity contribution is 0.106. The molecule has 0 aromatic heterocycles. The number of piperidine rings is 1. The summed E-state index contributed by atoms with van der Waals surface area (Å²) < 4.78 is 16.3. The molecule has 1 saturated heterocycles. The third-order valence-electron chi connectivity index (χ3n) is 3.96. The van der Waals surface area contributed by atoms with Gasteiger partial charge in [0.2, 0.25) is 0 Å². The monoisotopic (exact) mass is 265 g/mol. The zero-order valence-electron chi connectivity index (χ0n) is 12.0. The van der Waals surface area contributed by atoms with E-state index < -0.39 is 0 Å². The van der Waals surface area contributed by atoms with Crippen LogP contribution in [0.2, 0.25) is 0 Å². The summed E-state index contributed by atoms with van der Waals surface area (Å²) >= 11 is 0. The standard InChI is InChI=1S/C15H23NO3/c1-17-11-15(6-8-16-9-7-15)13-5-4-12(18-2)10-14(13)19-3/h4-5,10,16H,6-9,11H2,1-3H3. The fraction of sp³-hybridized carbons (Fsp3) is 0.600. The Morgan fingerprint density at radius 3 is 2.42 bits per heavy atom. The fourth-order valence-corrected chi connectivity index (χ4v) is 2.91. The number of nitrogens with one attached hydrogen (secondary N) is 1. The van der Waals surface area contributed by atoms with E-state index in [1.54, 1.807) is 21.3 Å². The lowest BCUT2D eigenvalue weighted by atomic mass is 9.73. The van der Waals surface area contributed by atoms with Crippen LogP contribution in [-0.2, 0) is 10.2 Å². The molecular formula is C15H23NO3. The Balaban J connectivity index is 2.40. The van der Waals surface area contributed by atoms with Crippen molar-refractivity contribution in [2.75, 3.05) is 41.0 Å². The molecular weight excluding hydrogens is 242 g/mol. The normalized spacial score (nSPS) is 18.1. The highest BCUT2D eigenvalue weighted by molar-refractivity contribution is 5.45. The maximum absolute atomic E-state index is 5.56. The lowest BCUT2D eigenvalue weighted by Gasteiger charge is -2.38. The van der Waals surface area contributed by atoms with Gasteiger partial charge in [-0.15, -0.1) is 0 Å². The maximum Gasteiger partial charge on any atom is 0.126 e. The zero-order chi connectivity index (χ0) is 13.7. The average molecular weight is 265 g/mol. The van der Waals surface area contributed by atoms with Crippen molar-refractivity contribution in [3.63, 3.8) is 0 Å². The second-order valence-electron chi connectivity index (χ2n) is 5.03. The van der Waals surface area contributed by atoms with Gasteiger partial charge in [-0.3, -0.25) is 0 Å². The van der Waals surface area contributed by atoms with Gasteiger partial charge in [-0.25, -0.2) is 0 Å². The van der Waals surface area contributed by atoms with E-state index in [-0.39, 0.29) is 5.41 Å². The van der Waals surface area contributed by atoms with Crippen LogP contribution in [-0.4, -0.2) is 41.0 Å². The van der Waals surface area contributed by atoms with Crippen molar-refractivity contribution in [2.45, 2.75) is 18.3 Å². The van der Waals surface area contributed by atoms with E-state index in [4.69, 9.17) is 14.2 Å². The lowest BCUT2D eigenvalue weighted by Crippen LogP contribution is -2.43. The highest BCUT2D eigenvalue weighted by atomic mass is 16.5. The molecule has 106 valence electrons. The Hall–Kier alpha value is -1.26. The van der Waals surface area contributed by atoms with Crippen LogP contribution < -0.4 is 14.8 Å². The molecule has 0 aliphatic carbocycles. The van der Waals surface area contributed by atoms with Gasteiger partial charge >= 0.3 is 0 Å². The summed E-state index contributed by atoms with van der Waals surface area (Å²) in [4.78, 5) is 0. The largest absolute Gasteiger partial charge is 0.497 e. The Bertz CT molecular complexity index is 408. The molecule has 0 amide bonds. The van der Waals surface area contributed by atoms with E-state index >= 15 is 0 Å². The van der Waals surface area contributed by atoms with Gasteiger partial charge in [0.1, 0.15) is 11.5 Å². The summed E-state index contributed by atoms with van der Waals surface area (Å²) in [5.41, 5.74) is 1.26. The number of rotatable bonds is 5. The molecule has 4 heteroatoms. The van der Waals surface area contributed by atoms with Gasteiger partial charge in [0, 0.05) is 24.2 Å². The first-order chi connectivity index (χ1) is 9.25. The minimum Gasteiger partial charge on any atom is -0.497 e. The number of ether oxygens (including phenoxy) is 3. The first kappa shape index (κ1) is 14.2. The van der Waals surface area contributed by atoms with Crippen molar-refractivity contribution in [2.24, 2.45) is 0 Å². The van der Waals surface area contributed by atoms with Crippen molar-refractivity contribution < 1.29 is 14.2 Å². The molecule has 0 radical (unpaired) electrons. The van der Waals surface area contributed by atoms with Crippen molar-refractivity contribution in [1.29, 1.82) is 0 Å². The predicted octanol–water partition coefficient (Wildman–Crippen LogP) is 1.97. The predicted molar refractivity (Wildman–Crippen MR) is 75.2 cm³/mol. The quantitative estimate of drug-likeness (QED) is 0.883. The van der Waals surface area contributed by atoms with Crippen LogP contribution in [0.25, 0.3) is 0 Å². The van der Waals surface area contributed by atoms with E-state index in [2.05, 4.69) is 11.4 Å². The van der Waals surface area contributed by atoms with Gasteiger partial charge in [0.25, 0.3) is 0 Å². The Kier molecular flexibility index (Phi) is 4.66. The zero-order valence-corrected chi connectivity index (χ0v) is 12.0. The topological polar surface area (TPSA) is 39.7 Å². The molecule has 0 unspecified atom stereocenters. The van der Waals surface area contributed by atoms with Gasteiger partial charge in [-0.05, 0) is 32.0 Å². The molecule has 1 aliphatic rings. The molecule has 0 saturated carbocycles. The summed E-state index contributed by atoms with van der Waals surface area (Å²) in [5, 5.41) is 3.41. The van der Waals surface area contributed by atoms with Gasteiger partial charge in [-0.1, -0.05) is 6.07 Å². The van der Waals surface area contributed by atoms with Crippen LogP contribution in [0.15, 0.2) is 18.2 Å². The van der Waals surface area contributed by atoms with E-state index in [1.807, 2.05) is 12.1 Å². The van der Waals surface area contributed by atoms with Crippen molar-refractivity contribution in [3.8, 4) is 11.5 Å². The summed E-state index contributed by atoms with van der Waals surface area (Å²) in [7, 11) is 5.14. The smallest absolute Gasteiger partial charge is 0.126 e. The number of benzene rings is 1. The van der Waals surface area contributed by atoms with Crippen LogP contribution in [0, 0.1) is 0 Å². The van der Waals surface area contributed by atoms with Gasteiger partial charge in [0.05, 0.1) is 20.8 Å². The van der Waals surface area contributed by atoms with Gasteiger partial charge in [-0.2, -0.15) is 0 Å². The number of hydrogen-bond donors (Lipinski definition) is 1. The number of methoxy groups -OCH3 is 3. The van der Waals surface area contributed by atoms with Crippen LogP contribution in [0.5, 0.6) is 11.5 Å². The molecule has 1 aromatic rings. The molecule has 19 heavy (non-hydrogen) atoms.